The maximum Gasteiger partial charge on any atom is 0.323 e. The molecule has 1 saturated heterocycles. The fourth-order valence-electron chi connectivity index (χ4n) is 6.99. The summed E-state index contributed by atoms with van der Waals surface area (Å²) >= 11 is 0. The summed E-state index contributed by atoms with van der Waals surface area (Å²) in [6.45, 7) is 4.32. The van der Waals surface area contributed by atoms with Crippen LogP contribution in [0.15, 0.2) is 71.3 Å². The molecule has 2 aromatic heterocycles. The molecule has 3 aliphatic rings. The van der Waals surface area contributed by atoms with Gasteiger partial charge < -0.3 is 31.7 Å². The van der Waals surface area contributed by atoms with Gasteiger partial charge in [0.05, 0.1) is 53.3 Å². The SMILES string of the molecule is CCC1c2c(cnn2C2CCN(Cc3cccc(C(=O)N(C)C)[n+]3O)CC2)-c2cccc(NC(=C/C(N)=NC(=O)C3CC3)/C(N)=C\O)c2N1C. The number of amidine groups is 1. The van der Waals surface area contributed by atoms with Crippen LogP contribution >= 0.6 is 0 Å². The number of benzene rings is 1. The van der Waals surface area contributed by atoms with E-state index < -0.39 is 0 Å². The summed E-state index contributed by atoms with van der Waals surface area (Å²) in [7, 11) is 5.40. The quantitative estimate of drug-likeness (QED) is 0.0530. The number of fused-ring (bicyclic) bond motifs is 3. The van der Waals surface area contributed by atoms with Crippen molar-refractivity contribution in [3.8, 4) is 11.1 Å². The van der Waals surface area contributed by atoms with Crippen LogP contribution in [0.5, 0.6) is 0 Å². The summed E-state index contributed by atoms with van der Waals surface area (Å²) in [5, 5.41) is 28.9. The molecule has 1 saturated carbocycles. The number of likely N-dealkylation sites (tertiary alicyclic amines) is 1. The Morgan fingerprint density at radius 1 is 1.10 bits per heavy atom. The summed E-state index contributed by atoms with van der Waals surface area (Å²) in [6.07, 6.45) is 8.47. The van der Waals surface area contributed by atoms with Crippen LogP contribution in [-0.2, 0) is 11.3 Å². The number of aromatic nitrogens is 3. The number of anilines is 2. The molecule has 0 spiro atoms. The summed E-state index contributed by atoms with van der Waals surface area (Å²) in [4.78, 5) is 34.8. The third-order valence-corrected chi connectivity index (χ3v) is 9.82. The normalized spacial score (nSPS) is 18.8. The van der Waals surface area contributed by atoms with E-state index in [0.29, 0.717) is 17.9 Å². The smallest absolute Gasteiger partial charge is 0.323 e. The van der Waals surface area contributed by atoms with Crippen molar-refractivity contribution in [2.24, 2.45) is 22.4 Å². The second-order valence-corrected chi connectivity index (χ2v) is 13.5. The molecule has 4 heterocycles. The number of rotatable bonds is 10. The molecule has 2 aliphatic heterocycles. The lowest BCUT2D eigenvalue weighted by atomic mass is 9.91. The number of para-hydroxylation sites is 1. The van der Waals surface area contributed by atoms with Crippen molar-refractivity contribution in [2.75, 3.05) is 44.4 Å². The first-order valence-electron chi connectivity index (χ1n) is 17.1. The fraction of sp³-hybridized carbons (Fsp3) is 0.417. The maximum atomic E-state index is 12.5. The first-order chi connectivity index (χ1) is 24.0. The van der Waals surface area contributed by atoms with Gasteiger partial charge in [-0.3, -0.25) is 24.4 Å². The van der Waals surface area contributed by atoms with E-state index in [1.54, 1.807) is 26.2 Å². The summed E-state index contributed by atoms with van der Waals surface area (Å²) in [5.41, 5.74) is 18.5. The van der Waals surface area contributed by atoms with Gasteiger partial charge in [0.25, 0.3) is 5.91 Å². The van der Waals surface area contributed by atoms with Crippen LogP contribution in [0.3, 0.4) is 0 Å². The monoisotopic (exact) mass is 683 g/mol. The zero-order valence-electron chi connectivity index (χ0n) is 29.1. The standard InChI is InChI=1S/C36H46N10O4/c1-5-30-34-26(19-39-45(34)23-14-16-44(17-15-23)20-24-8-6-11-31(46(24)50)36(49)42(2)3)25-9-7-10-28(33(25)43(30)4)40-29(27(37)21-47)18-32(38)41-35(48)22-12-13-22/h6-11,18-19,21-23,30,37,50H,5,12-17,20H2,1-4H3,(H4,38,40,41,48,49)/p+1. The average molecular weight is 684 g/mol. The van der Waals surface area contributed by atoms with E-state index in [0.717, 1.165) is 78.7 Å². The first kappa shape index (κ1) is 34.5. The lowest BCUT2D eigenvalue weighted by Crippen LogP contribution is -2.47. The number of piperidine rings is 1. The summed E-state index contributed by atoms with van der Waals surface area (Å²) in [5.74, 6) is -0.554. The minimum Gasteiger partial charge on any atom is -0.513 e. The Bertz CT molecular complexity index is 1870. The molecule has 6 rings (SSSR count). The van der Waals surface area contributed by atoms with Crippen molar-refractivity contribution in [3.05, 3.63) is 83.4 Å². The number of nitrogens with zero attached hydrogens (tertiary/aromatic N) is 7. The number of nitrogens with two attached hydrogens (primary N) is 2. The van der Waals surface area contributed by atoms with Crippen molar-refractivity contribution in [3.63, 3.8) is 0 Å². The van der Waals surface area contributed by atoms with Gasteiger partial charge in [-0.25, -0.2) is 0 Å². The van der Waals surface area contributed by atoms with Crippen LogP contribution in [0, 0.1) is 5.92 Å². The highest BCUT2D eigenvalue weighted by Gasteiger charge is 2.36. The summed E-state index contributed by atoms with van der Waals surface area (Å²) in [6, 6.07) is 11.5. The number of pyridine rings is 1. The van der Waals surface area contributed by atoms with Gasteiger partial charge in [-0.2, -0.15) is 10.1 Å². The molecular weight excluding hydrogens is 636 g/mol. The Balaban J connectivity index is 1.24. The highest BCUT2D eigenvalue weighted by atomic mass is 16.5. The molecule has 2 fully saturated rings. The number of aliphatic imine (C=N–C) groups is 1. The van der Waals surface area contributed by atoms with Crippen molar-refractivity contribution in [2.45, 2.75) is 57.7 Å². The van der Waals surface area contributed by atoms with Crippen LogP contribution in [0.1, 0.15) is 73.0 Å². The largest absolute Gasteiger partial charge is 0.513 e. The Morgan fingerprint density at radius 2 is 1.82 bits per heavy atom. The number of aliphatic hydroxyl groups is 1. The van der Waals surface area contributed by atoms with Gasteiger partial charge >= 0.3 is 11.6 Å². The minimum absolute atomic E-state index is 0.0110. The predicted octanol–water partition coefficient (Wildman–Crippen LogP) is 3.46. The second kappa shape index (κ2) is 14.2. The second-order valence-electron chi connectivity index (χ2n) is 13.5. The van der Waals surface area contributed by atoms with Gasteiger partial charge in [0.1, 0.15) is 12.1 Å². The molecule has 1 aliphatic carbocycles. The van der Waals surface area contributed by atoms with Crippen LogP contribution in [0.2, 0.25) is 0 Å². The highest BCUT2D eigenvalue weighted by molar-refractivity contribution is 6.02. The lowest BCUT2D eigenvalue weighted by molar-refractivity contribution is -0.911. The van der Waals surface area contributed by atoms with E-state index in [1.165, 1.54) is 16.7 Å². The van der Waals surface area contributed by atoms with Crippen LogP contribution < -0.4 is 26.4 Å². The topological polar surface area (TPSA) is 182 Å². The number of carbonyl (C=O) groups excluding carboxylic acids is 2. The molecule has 0 radical (unpaired) electrons. The van der Waals surface area contributed by atoms with Gasteiger partial charge in [-0.05, 0) is 44.2 Å². The molecule has 1 unspecified atom stereocenters. The first-order valence-corrected chi connectivity index (χ1v) is 17.1. The molecule has 0 bridgehead atoms. The molecule has 14 heteroatoms. The molecule has 1 aromatic carbocycles. The van der Waals surface area contributed by atoms with Crippen LogP contribution in [0.25, 0.3) is 11.1 Å². The summed E-state index contributed by atoms with van der Waals surface area (Å²) < 4.78 is 3.21. The Labute approximate surface area is 291 Å². The Morgan fingerprint density at radius 3 is 2.48 bits per heavy atom. The van der Waals surface area contributed by atoms with E-state index in [4.69, 9.17) is 16.6 Å². The van der Waals surface area contributed by atoms with Crippen LogP contribution in [-0.4, -0.2) is 81.8 Å². The van der Waals surface area contributed by atoms with E-state index in [2.05, 4.69) is 44.8 Å². The van der Waals surface area contributed by atoms with Crippen molar-refractivity contribution in [1.29, 1.82) is 0 Å². The highest BCUT2D eigenvalue weighted by Crippen LogP contribution is 2.49. The molecule has 3 aromatic rings. The molecule has 1 atom stereocenters. The Kier molecular flexibility index (Phi) is 9.82. The third-order valence-electron chi connectivity index (χ3n) is 9.82. The lowest BCUT2D eigenvalue weighted by Gasteiger charge is -2.39. The number of hydrogen-bond acceptors (Lipinski definition) is 9. The van der Waals surface area contributed by atoms with Crippen LogP contribution in [0.4, 0.5) is 11.4 Å². The number of aliphatic hydroxyl groups excluding tert-OH is 1. The molecular formula is C36H47N10O4+. The van der Waals surface area contributed by atoms with Crippen molar-refractivity contribution >= 4 is 29.0 Å². The average Bonchev–Trinajstić information content (AvgIpc) is 3.88. The zero-order chi connectivity index (χ0) is 35.7. The van der Waals surface area contributed by atoms with Gasteiger partial charge in [0.15, 0.2) is 0 Å². The van der Waals surface area contributed by atoms with Gasteiger partial charge in [0, 0.05) is 74.2 Å². The van der Waals surface area contributed by atoms with E-state index in [1.807, 2.05) is 24.4 Å². The number of carbonyl (C=O) groups is 2. The molecule has 7 N–H and O–H groups in total. The molecule has 14 nitrogen and oxygen atoms in total. The van der Waals surface area contributed by atoms with E-state index >= 15 is 0 Å². The van der Waals surface area contributed by atoms with Crippen molar-refractivity contribution in [1.82, 2.24) is 19.6 Å². The maximum absolute atomic E-state index is 12.5. The van der Waals surface area contributed by atoms with Gasteiger partial charge in [-0.1, -0.05) is 19.1 Å². The number of amides is 2. The molecule has 2 amide bonds. The van der Waals surface area contributed by atoms with E-state index in [-0.39, 0.29) is 47.0 Å². The number of hydrogen-bond donors (Lipinski definition) is 5. The predicted molar refractivity (Wildman–Crippen MR) is 190 cm³/mol. The minimum atomic E-state index is -0.254. The third kappa shape index (κ3) is 6.75. The molecule has 264 valence electrons. The fourth-order valence-corrected chi connectivity index (χ4v) is 6.99. The van der Waals surface area contributed by atoms with Crippen molar-refractivity contribution < 1.29 is 24.6 Å². The zero-order valence-corrected chi connectivity index (χ0v) is 29.1. The van der Waals surface area contributed by atoms with Gasteiger partial charge in [-0.15, -0.1) is 0 Å². The Hall–Kier alpha value is -5.37. The van der Waals surface area contributed by atoms with E-state index in [9.17, 15) is 19.9 Å². The van der Waals surface area contributed by atoms with Gasteiger partial charge in [0.2, 0.25) is 5.69 Å². The molecule has 50 heavy (non-hydrogen) atoms. The number of nitrogens with one attached hydrogen (secondary N) is 1.